The third kappa shape index (κ3) is 5.09. The predicted molar refractivity (Wildman–Crippen MR) is 108 cm³/mol. The molecule has 2 aromatic heterocycles. The molecular weight excluding hydrogens is 436 g/mol. The van der Waals surface area contributed by atoms with Gasteiger partial charge in [-0.3, -0.25) is 4.79 Å². The highest BCUT2D eigenvalue weighted by molar-refractivity contribution is 9.10. The van der Waals surface area contributed by atoms with E-state index >= 15 is 0 Å². The van der Waals surface area contributed by atoms with Gasteiger partial charge in [0.1, 0.15) is 5.75 Å². The summed E-state index contributed by atoms with van der Waals surface area (Å²) in [5.74, 6) is 1.95. The summed E-state index contributed by atoms with van der Waals surface area (Å²) >= 11 is 6.56. The summed E-state index contributed by atoms with van der Waals surface area (Å²) in [7, 11) is 0. The molecule has 26 heavy (non-hydrogen) atoms. The monoisotopic (exact) mass is 452 g/mol. The lowest BCUT2D eigenvalue weighted by atomic mass is 10.3. The zero-order valence-electron chi connectivity index (χ0n) is 13.8. The molecule has 0 unspecified atom stereocenters. The summed E-state index contributed by atoms with van der Waals surface area (Å²) in [4.78, 5) is 12.2. The largest absolute Gasteiger partial charge is 0.493 e. The minimum absolute atomic E-state index is 0.249. The van der Waals surface area contributed by atoms with E-state index in [2.05, 4.69) is 26.1 Å². The molecule has 0 radical (unpaired) electrons. The van der Waals surface area contributed by atoms with E-state index in [-0.39, 0.29) is 12.3 Å². The average molecular weight is 453 g/mol. The van der Waals surface area contributed by atoms with Gasteiger partial charge in [-0.1, -0.05) is 39.8 Å². The molecule has 0 saturated carbocycles. The van der Waals surface area contributed by atoms with Gasteiger partial charge in [-0.05, 0) is 29.6 Å². The highest BCUT2D eigenvalue weighted by Crippen LogP contribution is 2.27. The quantitative estimate of drug-likeness (QED) is 0.394. The first-order valence-electron chi connectivity index (χ1n) is 7.90. The summed E-state index contributed by atoms with van der Waals surface area (Å²) < 4.78 is 8.67. The molecule has 0 aliphatic carbocycles. The molecule has 0 bridgehead atoms. The van der Waals surface area contributed by atoms with Gasteiger partial charge in [-0.15, -0.1) is 21.5 Å². The van der Waals surface area contributed by atoms with Crippen LogP contribution in [0.5, 0.6) is 5.75 Å². The van der Waals surface area contributed by atoms with E-state index in [0.29, 0.717) is 18.9 Å². The number of aromatic nitrogens is 3. The van der Waals surface area contributed by atoms with Crippen molar-refractivity contribution in [1.82, 2.24) is 14.8 Å². The molecule has 2 N–H and O–H groups in total. The van der Waals surface area contributed by atoms with Crippen LogP contribution in [-0.4, -0.2) is 33.0 Å². The molecule has 3 aromatic rings. The Morgan fingerprint density at radius 2 is 2.19 bits per heavy atom. The molecule has 1 amide bonds. The molecule has 0 aliphatic heterocycles. The van der Waals surface area contributed by atoms with Crippen LogP contribution in [0.2, 0.25) is 0 Å². The van der Waals surface area contributed by atoms with Crippen LogP contribution in [0.1, 0.15) is 6.42 Å². The minimum Gasteiger partial charge on any atom is -0.493 e. The van der Waals surface area contributed by atoms with Crippen molar-refractivity contribution in [3.8, 4) is 16.5 Å². The molecule has 6 nitrogen and oxygen atoms in total. The maximum Gasteiger partial charge on any atom is 0.219 e. The van der Waals surface area contributed by atoms with Gasteiger partial charge in [-0.2, -0.15) is 0 Å². The fraction of sp³-hybridized carbons (Fsp3) is 0.235. The number of hydrogen-bond donors (Lipinski definition) is 1. The van der Waals surface area contributed by atoms with Gasteiger partial charge >= 0.3 is 0 Å². The average Bonchev–Trinajstić information content (AvgIpc) is 3.26. The number of carbonyl (C=O) groups excluding carboxylic acids is 1. The maximum absolute atomic E-state index is 11.2. The van der Waals surface area contributed by atoms with E-state index in [1.807, 2.05) is 46.3 Å². The van der Waals surface area contributed by atoms with Crippen molar-refractivity contribution in [3.05, 3.63) is 46.3 Å². The summed E-state index contributed by atoms with van der Waals surface area (Å²) in [5.41, 5.74) is 5.31. The number of ether oxygens (including phenoxy) is 1. The Hall–Kier alpha value is -1.84. The Labute approximate surface area is 167 Å². The van der Waals surface area contributed by atoms with Crippen molar-refractivity contribution in [2.75, 3.05) is 12.4 Å². The number of benzene rings is 1. The zero-order valence-corrected chi connectivity index (χ0v) is 17.0. The van der Waals surface area contributed by atoms with Gasteiger partial charge in [0.05, 0.1) is 11.5 Å². The van der Waals surface area contributed by atoms with Crippen molar-refractivity contribution in [2.45, 2.75) is 18.1 Å². The first-order valence-corrected chi connectivity index (χ1v) is 10.6. The third-order valence-corrected chi connectivity index (χ3v) is 5.71. The van der Waals surface area contributed by atoms with Crippen molar-refractivity contribution in [3.63, 3.8) is 0 Å². The molecule has 0 aliphatic rings. The number of hydrogen-bond acceptors (Lipinski definition) is 6. The molecule has 0 saturated heterocycles. The second-order valence-corrected chi connectivity index (χ2v) is 8.23. The third-order valence-electron chi connectivity index (χ3n) is 3.42. The van der Waals surface area contributed by atoms with Gasteiger partial charge in [0.25, 0.3) is 0 Å². The number of amides is 1. The lowest BCUT2D eigenvalue weighted by Gasteiger charge is -2.09. The normalized spacial score (nSPS) is 10.8. The smallest absolute Gasteiger partial charge is 0.219 e. The Kier molecular flexibility index (Phi) is 6.70. The van der Waals surface area contributed by atoms with Crippen LogP contribution >= 0.6 is 39.0 Å². The number of nitrogens with zero attached hydrogens (tertiary/aromatic N) is 3. The molecule has 2 heterocycles. The molecule has 0 spiro atoms. The van der Waals surface area contributed by atoms with Crippen LogP contribution in [0.15, 0.2) is 51.4 Å². The first-order chi connectivity index (χ1) is 12.6. The lowest BCUT2D eigenvalue weighted by molar-refractivity contribution is -0.118. The number of rotatable bonds is 9. The molecule has 3 rings (SSSR count). The van der Waals surface area contributed by atoms with Crippen LogP contribution in [0.3, 0.4) is 0 Å². The second-order valence-electron chi connectivity index (χ2n) is 5.31. The van der Waals surface area contributed by atoms with Crippen molar-refractivity contribution >= 4 is 44.9 Å². The Morgan fingerprint density at radius 1 is 1.31 bits per heavy atom. The van der Waals surface area contributed by atoms with Crippen LogP contribution in [0.25, 0.3) is 10.7 Å². The van der Waals surface area contributed by atoms with Crippen molar-refractivity contribution in [2.24, 2.45) is 5.73 Å². The highest BCUT2D eigenvalue weighted by atomic mass is 79.9. The van der Waals surface area contributed by atoms with Gasteiger partial charge in [0.15, 0.2) is 11.0 Å². The van der Waals surface area contributed by atoms with E-state index in [4.69, 9.17) is 10.5 Å². The number of thioether (sulfide) groups is 1. The Balaban J connectivity index is 1.64. The lowest BCUT2D eigenvalue weighted by Crippen LogP contribution is -2.15. The van der Waals surface area contributed by atoms with E-state index in [9.17, 15) is 4.79 Å². The first kappa shape index (κ1) is 18.9. The predicted octanol–water partition coefficient (Wildman–Crippen LogP) is 3.82. The molecular formula is C17H17BrN4O2S2. The van der Waals surface area contributed by atoms with Gasteiger partial charge in [-0.25, -0.2) is 0 Å². The van der Waals surface area contributed by atoms with Crippen LogP contribution in [-0.2, 0) is 11.3 Å². The van der Waals surface area contributed by atoms with E-state index in [1.165, 1.54) is 0 Å². The number of primary amides is 1. The molecule has 0 fully saturated rings. The summed E-state index contributed by atoms with van der Waals surface area (Å²) in [6.45, 7) is 1.00. The number of halogens is 1. The molecule has 1 aromatic carbocycles. The molecule has 9 heteroatoms. The van der Waals surface area contributed by atoms with E-state index in [1.54, 1.807) is 23.1 Å². The Bertz CT molecular complexity index is 868. The fourth-order valence-electron chi connectivity index (χ4n) is 2.26. The summed E-state index contributed by atoms with van der Waals surface area (Å²) in [6, 6.07) is 11.7. The van der Waals surface area contributed by atoms with Crippen LogP contribution in [0, 0.1) is 0 Å². The number of carbonyl (C=O) groups is 1. The van der Waals surface area contributed by atoms with Crippen LogP contribution in [0.4, 0.5) is 0 Å². The van der Waals surface area contributed by atoms with Crippen LogP contribution < -0.4 is 10.5 Å². The minimum atomic E-state index is -0.343. The topological polar surface area (TPSA) is 83.0 Å². The zero-order chi connectivity index (χ0) is 18.4. The van der Waals surface area contributed by atoms with Gasteiger partial charge in [0, 0.05) is 23.2 Å². The maximum atomic E-state index is 11.2. The SMILES string of the molecule is NC(=O)CCn1c(SCCOc2cccc(Br)c2)nnc1-c1cccs1. The molecule has 0 atom stereocenters. The second kappa shape index (κ2) is 9.20. The van der Waals surface area contributed by atoms with E-state index in [0.717, 1.165) is 26.1 Å². The van der Waals surface area contributed by atoms with Crippen molar-refractivity contribution in [1.29, 1.82) is 0 Å². The van der Waals surface area contributed by atoms with Gasteiger partial charge in [0.2, 0.25) is 5.91 Å². The van der Waals surface area contributed by atoms with E-state index < -0.39 is 0 Å². The standard InChI is InChI=1S/C17H17BrN4O2S2/c18-12-3-1-4-13(11-12)24-8-10-26-17-21-20-16(14-5-2-9-25-14)22(17)7-6-15(19)23/h1-5,9,11H,6-8,10H2,(H2,19,23). The Morgan fingerprint density at radius 3 is 2.92 bits per heavy atom. The number of nitrogens with two attached hydrogens (primary N) is 1. The van der Waals surface area contributed by atoms with Crippen molar-refractivity contribution < 1.29 is 9.53 Å². The van der Waals surface area contributed by atoms with Gasteiger partial charge < -0.3 is 15.0 Å². The summed E-state index contributed by atoms with van der Waals surface area (Å²) in [6.07, 6.45) is 0.249. The highest BCUT2D eigenvalue weighted by Gasteiger charge is 2.15. The molecule has 136 valence electrons. The fourth-order valence-corrected chi connectivity index (χ4v) is 4.13. The number of thiophene rings is 1. The summed E-state index contributed by atoms with van der Waals surface area (Å²) in [5, 5.41) is 11.3.